The van der Waals surface area contributed by atoms with Gasteiger partial charge >= 0.3 is 0 Å². The number of amides is 1. The largest absolute Gasteiger partial charge is 0.394 e. The van der Waals surface area contributed by atoms with Crippen LogP contribution < -0.4 is 5.32 Å². The molecule has 20 heavy (non-hydrogen) atoms. The fourth-order valence-electron chi connectivity index (χ4n) is 2.34. The summed E-state index contributed by atoms with van der Waals surface area (Å²) in [5.74, 6) is 0.0717. The fraction of sp³-hybridized carbons (Fsp3) is 0.941. The molecule has 0 heterocycles. The van der Waals surface area contributed by atoms with Gasteiger partial charge in [-0.3, -0.25) is 4.79 Å². The summed E-state index contributed by atoms with van der Waals surface area (Å²) < 4.78 is 0. The molecule has 3 nitrogen and oxygen atoms in total. The molecular weight excluding hydrogens is 250 g/mol. The van der Waals surface area contributed by atoms with Gasteiger partial charge in [0, 0.05) is 12.5 Å². The van der Waals surface area contributed by atoms with E-state index in [1.165, 1.54) is 57.8 Å². The summed E-state index contributed by atoms with van der Waals surface area (Å²) in [6, 6.07) is -0.116. The van der Waals surface area contributed by atoms with Crippen LogP contribution in [-0.4, -0.2) is 23.7 Å². The van der Waals surface area contributed by atoms with Gasteiger partial charge in [0.2, 0.25) is 5.91 Å². The lowest BCUT2D eigenvalue weighted by atomic mass is 10.1. The second-order valence-corrected chi connectivity index (χ2v) is 5.94. The Morgan fingerprint density at radius 3 is 1.80 bits per heavy atom. The maximum atomic E-state index is 11.5. The Labute approximate surface area is 125 Å². The molecule has 0 aliphatic rings. The number of hydrogen-bond donors (Lipinski definition) is 2. The third-order valence-corrected chi connectivity index (χ3v) is 3.69. The molecule has 0 aromatic rings. The van der Waals surface area contributed by atoms with Crippen molar-refractivity contribution in [2.75, 3.05) is 6.61 Å². The molecule has 0 rings (SSSR count). The van der Waals surface area contributed by atoms with Crippen molar-refractivity contribution >= 4 is 5.91 Å². The van der Waals surface area contributed by atoms with Crippen LogP contribution in [0.15, 0.2) is 0 Å². The van der Waals surface area contributed by atoms with Crippen molar-refractivity contribution in [3.05, 3.63) is 0 Å². The van der Waals surface area contributed by atoms with Gasteiger partial charge in [0.05, 0.1) is 6.61 Å². The summed E-state index contributed by atoms with van der Waals surface area (Å²) in [5, 5.41) is 11.6. The second kappa shape index (κ2) is 14.8. The molecule has 3 heteroatoms. The van der Waals surface area contributed by atoms with E-state index < -0.39 is 0 Å². The quantitative estimate of drug-likeness (QED) is 0.470. The molecule has 120 valence electrons. The predicted octanol–water partition coefficient (Wildman–Crippen LogP) is 4.18. The minimum absolute atomic E-state index is 0.0179. The van der Waals surface area contributed by atoms with Crippen LogP contribution in [0.25, 0.3) is 0 Å². The van der Waals surface area contributed by atoms with Gasteiger partial charge in [0.1, 0.15) is 0 Å². The van der Waals surface area contributed by atoms with Crippen LogP contribution in [0.4, 0.5) is 0 Å². The number of carbonyl (C=O) groups excluding carboxylic acids is 1. The lowest BCUT2D eigenvalue weighted by Crippen LogP contribution is -2.34. The van der Waals surface area contributed by atoms with Crippen molar-refractivity contribution in [1.82, 2.24) is 5.32 Å². The van der Waals surface area contributed by atoms with Crippen LogP contribution >= 0.6 is 0 Å². The van der Waals surface area contributed by atoms with Crippen molar-refractivity contribution < 1.29 is 9.90 Å². The van der Waals surface area contributed by atoms with Crippen molar-refractivity contribution in [2.24, 2.45) is 0 Å². The predicted molar refractivity (Wildman–Crippen MR) is 85.8 cm³/mol. The van der Waals surface area contributed by atoms with Gasteiger partial charge in [0.15, 0.2) is 0 Å². The van der Waals surface area contributed by atoms with Crippen molar-refractivity contribution in [1.29, 1.82) is 0 Å². The number of rotatable bonds is 14. The molecule has 1 amide bonds. The zero-order chi connectivity index (χ0) is 15.1. The van der Waals surface area contributed by atoms with Crippen LogP contribution in [0.5, 0.6) is 0 Å². The molecule has 0 saturated carbocycles. The SMILES string of the molecule is CCCCCCCCCCCCCC(=O)NC(C)CO. The van der Waals surface area contributed by atoms with E-state index >= 15 is 0 Å². The van der Waals surface area contributed by atoms with Crippen LogP contribution in [-0.2, 0) is 4.79 Å². The number of unbranched alkanes of at least 4 members (excludes halogenated alkanes) is 10. The van der Waals surface area contributed by atoms with Crippen LogP contribution in [0.1, 0.15) is 90.9 Å². The van der Waals surface area contributed by atoms with Crippen molar-refractivity contribution in [2.45, 2.75) is 96.9 Å². The molecular formula is C17H35NO2. The Morgan fingerprint density at radius 2 is 1.35 bits per heavy atom. The van der Waals surface area contributed by atoms with E-state index in [2.05, 4.69) is 12.2 Å². The van der Waals surface area contributed by atoms with E-state index in [9.17, 15) is 4.79 Å². The molecule has 0 aromatic heterocycles. The Hall–Kier alpha value is -0.570. The van der Waals surface area contributed by atoms with Gasteiger partial charge in [-0.15, -0.1) is 0 Å². The maximum absolute atomic E-state index is 11.5. The van der Waals surface area contributed by atoms with Gasteiger partial charge in [0.25, 0.3) is 0 Å². The van der Waals surface area contributed by atoms with E-state index in [-0.39, 0.29) is 18.6 Å². The van der Waals surface area contributed by atoms with Gasteiger partial charge in [-0.25, -0.2) is 0 Å². The highest BCUT2D eigenvalue weighted by molar-refractivity contribution is 5.76. The van der Waals surface area contributed by atoms with E-state index in [0.717, 1.165) is 12.8 Å². The maximum Gasteiger partial charge on any atom is 0.220 e. The zero-order valence-electron chi connectivity index (χ0n) is 13.6. The van der Waals surface area contributed by atoms with E-state index in [1.54, 1.807) is 0 Å². The smallest absolute Gasteiger partial charge is 0.220 e. The van der Waals surface area contributed by atoms with Gasteiger partial charge in [-0.1, -0.05) is 71.1 Å². The molecule has 2 N–H and O–H groups in total. The molecule has 0 fully saturated rings. The summed E-state index contributed by atoms with van der Waals surface area (Å²) in [6.45, 7) is 4.09. The molecule has 0 spiro atoms. The van der Waals surface area contributed by atoms with Crippen LogP contribution in [0.2, 0.25) is 0 Å². The van der Waals surface area contributed by atoms with Crippen LogP contribution in [0, 0.1) is 0 Å². The average Bonchev–Trinajstić information content (AvgIpc) is 2.44. The highest BCUT2D eigenvalue weighted by atomic mass is 16.3. The number of aliphatic hydroxyl groups excluding tert-OH is 1. The third kappa shape index (κ3) is 13.9. The summed E-state index contributed by atoms with van der Waals surface area (Å²) in [4.78, 5) is 11.5. The lowest BCUT2D eigenvalue weighted by Gasteiger charge is -2.10. The molecule has 0 aromatic carbocycles. The topological polar surface area (TPSA) is 49.3 Å². The first kappa shape index (κ1) is 19.4. The van der Waals surface area contributed by atoms with E-state index in [0.29, 0.717) is 6.42 Å². The Kier molecular flexibility index (Phi) is 14.4. The zero-order valence-corrected chi connectivity index (χ0v) is 13.6. The highest BCUT2D eigenvalue weighted by Crippen LogP contribution is 2.11. The minimum Gasteiger partial charge on any atom is -0.394 e. The summed E-state index contributed by atoms with van der Waals surface area (Å²) in [7, 11) is 0. The molecule has 1 unspecified atom stereocenters. The number of nitrogens with one attached hydrogen (secondary N) is 1. The molecule has 0 saturated heterocycles. The molecule has 0 aliphatic heterocycles. The molecule has 0 radical (unpaired) electrons. The van der Waals surface area contributed by atoms with Crippen molar-refractivity contribution in [3.8, 4) is 0 Å². The minimum atomic E-state index is -0.116. The first-order valence-electron chi connectivity index (χ1n) is 8.61. The van der Waals surface area contributed by atoms with Crippen LogP contribution in [0.3, 0.4) is 0 Å². The summed E-state index contributed by atoms with van der Waals surface area (Å²) in [6.07, 6.45) is 14.9. The standard InChI is InChI=1S/C17H35NO2/c1-3-4-5-6-7-8-9-10-11-12-13-14-17(20)18-16(2)15-19/h16,19H,3-15H2,1-2H3,(H,18,20). The molecule has 0 aliphatic carbocycles. The van der Waals surface area contributed by atoms with E-state index in [1.807, 2.05) is 6.92 Å². The third-order valence-electron chi connectivity index (χ3n) is 3.69. The average molecular weight is 285 g/mol. The normalized spacial score (nSPS) is 12.3. The van der Waals surface area contributed by atoms with Gasteiger partial charge in [-0.05, 0) is 13.3 Å². The van der Waals surface area contributed by atoms with Gasteiger partial charge < -0.3 is 10.4 Å². The summed E-state index contributed by atoms with van der Waals surface area (Å²) >= 11 is 0. The first-order chi connectivity index (χ1) is 9.70. The Balaban J connectivity index is 3.14. The highest BCUT2D eigenvalue weighted by Gasteiger charge is 2.05. The fourth-order valence-corrected chi connectivity index (χ4v) is 2.34. The number of carbonyl (C=O) groups is 1. The molecule has 0 bridgehead atoms. The van der Waals surface area contributed by atoms with E-state index in [4.69, 9.17) is 5.11 Å². The Morgan fingerprint density at radius 1 is 0.900 bits per heavy atom. The number of aliphatic hydroxyl groups is 1. The monoisotopic (exact) mass is 285 g/mol. The molecule has 1 atom stereocenters. The number of hydrogen-bond acceptors (Lipinski definition) is 2. The Bertz CT molecular complexity index is 219. The second-order valence-electron chi connectivity index (χ2n) is 5.94. The lowest BCUT2D eigenvalue weighted by molar-refractivity contribution is -0.122. The summed E-state index contributed by atoms with van der Waals surface area (Å²) in [5.41, 5.74) is 0. The van der Waals surface area contributed by atoms with Gasteiger partial charge in [-0.2, -0.15) is 0 Å². The first-order valence-corrected chi connectivity index (χ1v) is 8.61. The van der Waals surface area contributed by atoms with Crippen molar-refractivity contribution in [3.63, 3.8) is 0 Å².